The molecule has 3 aromatic rings. The highest BCUT2D eigenvalue weighted by molar-refractivity contribution is 7.14. The topological polar surface area (TPSA) is 153 Å². The third-order valence-corrected chi connectivity index (χ3v) is 5.09. The van der Waals surface area contributed by atoms with Crippen LogP contribution in [0, 0.1) is 0 Å². The Balaban J connectivity index is 1.51. The average molecular weight is 455 g/mol. The van der Waals surface area contributed by atoms with Gasteiger partial charge in [-0.25, -0.2) is 14.6 Å². The molecule has 0 bridgehead atoms. The Labute approximate surface area is 187 Å². The Morgan fingerprint density at radius 3 is 2.19 bits per heavy atom. The molecule has 0 aliphatic carbocycles. The fourth-order valence-corrected chi connectivity index (χ4v) is 3.54. The summed E-state index contributed by atoms with van der Waals surface area (Å²) < 4.78 is 0. The van der Waals surface area contributed by atoms with Crippen LogP contribution < -0.4 is 21.3 Å². The third kappa shape index (κ3) is 6.99. The Morgan fingerprint density at radius 2 is 1.56 bits per heavy atom. The maximum absolute atomic E-state index is 12.2. The molecular weight excluding hydrogens is 434 g/mol. The van der Waals surface area contributed by atoms with E-state index in [0.29, 0.717) is 29.2 Å². The molecule has 0 atom stereocenters. The third-order valence-electron chi connectivity index (χ3n) is 4.28. The van der Waals surface area contributed by atoms with Gasteiger partial charge < -0.3 is 15.5 Å². The number of hydrogen-bond donors (Lipinski definition) is 6. The summed E-state index contributed by atoms with van der Waals surface area (Å²) >= 11 is 1.36. The van der Waals surface area contributed by atoms with E-state index in [1.807, 2.05) is 34.2 Å². The molecule has 2 aromatic carbocycles. The Morgan fingerprint density at radius 1 is 0.906 bits per heavy atom. The monoisotopic (exact) mass is 455 g/mol. The first kappa shape index (κ1) is 22.6. The molecule has 166 valence electrons. The lowest BCUT2D eigenvalue weighted by molar-refractivity contribution is 0.102. The fourth-order valence-electron chi connectivity index (χ4n) is 2.80. The largest absolute Gasteiger partial charge is 0.465 e. The summed E-state index contributed by atoms with van der Waals surface area (Å²) in [5.41, 5.74) is 2.99. The van der Waals surface area contributed by atoms with Crippen LogP contribution in [0.2, 0.25) is 0 Å². The highest BCUT2D eigenvalue weighted by Crippen LogP contribution is 2.19. The van der Waals surface area contributed by atoms with Crippen molar-refractivity contribution in [2.45, 2.75) is 19.1 Å². The standard InChI is InChI=1S/C21H21N5O5S/c27-17(14-4-2-1-3-5-14)24-19-23-16(12-32-19)11-8-13-6-9-15(10-7-13)22-18(25-20(28)29)26-21(30)31/h1-7,9-10,12,18,22,25-26H,8,11H2,(H,28,29)(H,30,31)(H,23,24,27). The van der Waals surface area contributed by atoms with Crippen molar-refractivity contribution in [3.8, 4) is 0 Å². The number of hydrogen-bond acceptors (Lipinski definition) is 6. The Kier molecular flexibility index (Phi) is 7.60. The van der Waals surface area contributed by atoms with Crippen molar-refractivity contribution in [3.63, 3.8) is 0 Å². The molecule has 0 spiro atoms. The lowest BCUT2D eigenvalue weighted by Crippen LogP contribution is -2.52. The quantitative estimate of drug-likeness (QED) is 0.270. The molecule has 1 heterocycles. The molecule has 0 aliphatic rings. The van der Waals surface area contributed by atoms with Crippen molar-refractivity contribution in [3.05, 3.63) is 76.8 Å². The van der Waals surface area contributed by atoms with Crippen molar-refractivity contribution in [1.29, 1.82) is 0 Å². The number of carbonyl (C=O) groups is 3. The number of amides is 3. The number of nitrogens with zero attached hydrogens (tertiary/aromatic N) is 1. The van der Waals surface area contributed by atoms with Crippen LogP contribution in [0.1, 0.15) is 21.6 Å². The van der Waals surface area contributed by atoms with Crippen LogP contribution in [0.3, 0.4) is 0 Å². The molecule has 3 amide bonds. The van der Waals surface area contributed by atoms with Gasteiger partial charge in [-0.3, -0.25) is 20.7 Å². The highest BCUT2D eigenvalue weighted by Gasteiger charge is 2.13. The van der Waals surface area contributed by atoms with Gasteiger partial charge in [0, 0.05) is 16.6 Å². The number of thiazole rings is 1. The number of aromatic nitrogens is 1. The predicted octanol–water partition coefficient (Wildman–Crippen LogP) is 3.41. The molecule has 0 unspecified atom stereocenters. The van der Waals surface area contributed by atoms with Gasteiger partial charge in [0.15, 0.2) is 11.4 Å². The van der Waals surface area contributed by atoms with Crippen LogP contribution in [0.4, 0.5) is 20.4 Å². The van der Waals surface area contributed by atoms with E-state index in [4.69, 9.17) is 10.2 Å². The van der Waals surface area contributed by atoms with Crippen LogP contribution in [0.5, 0.6) is 0 Å². The van der Waals surface area contributed by atoms with E-state index in [1.165, 1.54) is 11.3 Å². The maximum Gasteiger partial charge on any atom is 0.407 e. The molecule has 6 N–H and O–H groups in total. The lowest BCUT2D eigenvalue weighted by atomic mass is 10.1. The summed E-state index contributed by atoms with van der Waals surface area (Å²) in [5.74, 6) is -0.206. The van der Waals surface area contributed by atoms with E-state index in [0.717, 1.165) is 11.3 Å². The van der Waals surface area contributed by atoms with E-state index in [2.05, 4.69) is 15.6 Å². The minimum absolute atomic E-state index is 0.206. The van der Waals surface area contributed by atoms with Gasteiger partial charge in [0.05, 0.1) is 5.69 Å². The molecule has 0 saturated carbocycles. The van der Waals surface area contributed by atoms with Crippen molar-refractivity contribution in [2.24, 2.45) is 0 Å². The molecule has 11 heteroatoms. The van der Waals surface area contributed by atoms with Gasteiger partial charge in [-0.05, 0) is 42.7 Å². The molecule has 0 aliphatic heterocycles. The van der Waals surface area contributed by atoms with E-state index in [-0.39, 0.29) is 5.91 Å². The van der Waals surface area contributed by atoms with Gasteiger partial charge >= 0.3 is 12.2 Å². The number of anilines is 2. The first-order valence-electron chi connectivity index (χ1n) is 9.54. The zero-order valence-corrected chi connectivity index (χ0v) is 17.6. The van der Waals surface area contributed by atoms with Gasteiger partial charge in [0.2, 0.25) is 0 Å². The van der Waals surface area contributed by atoms with Crippen LogP contribution in [0.15, 0.2) is 60.0 Å². The van der Waals surface area contributed by atoms with Gasteiger partial charge in [-0.1, -0.05) is 30.3 Å². The van der Waals surface area contributed by atoms with Gasteiger partial charge in [-0.15, -0.1) is 11.3 Å². The summed E-state index contributed by atoms with van der Waals surface area (Å²) in [5, 5.41) is 29.6. The number of carboxylic acid groups (broad SMARTS) is 2. The highest BCUT2D eigenvalue weighted by atomic mass is 32.1. The van der Waals surface area contributed by atoms with Crippen molar-refractivity contribution >= 4 is 40.2 Å². The van der Waals surface area contributed by atoms with Crippen LogP contribution >= 0.6 is 11.3 Å². The van der Waals surface area contributed by atoms with Crippen molar-refractivity contribution < 1.29 is 24.6 Å². The predicted molar refractivity (Wildman–Crippen MR) is 120 cm³/mol. The minimum Gasteiger partial charge on any atom is -0.465 e. The number of nitrogens with one attached hydrogen (secondary N) is 4. The van der Waals surface area contributed by atoms with Gasteiger partial charge in [0.25, 0.3) is 5.91 Å². The fraction of sp³-hybridized carbons (Fsp3) is 0.143. The first-order chi connectivity index (χ1) is 15.4. The van der Waals surface area contributed by atoms with E-state index >= 15 is 0 Å². The lowest BCUT2D eigenvalue weighted by Gasteiger charge is -2.19. The minimum atomic E-state index is -1.37. The van der Waals surface area contributed by atoms with E-state index < -0.39 is 18.5 Å². The average Bonchev–Trinajstić information content (AvgIpc) is 3.20. The number of aryl methyl sites for hydroxylation is 2. The Hall–Kier alpha value is -4.12. The summed E-state index contributed by atoms with van der Waals surface area (Å²) in [6, 6.07) is 16.1. The van der Waals surface area contributed by atoms with Crippen LogP contribution in [-0.2, 0) is 12.8 Å². The SMILES string of the molecule is O=C(O)NC(NC(=O)O)Nc1ccc(CCc2csc(NC(=O)c3ccccc3)n2)cc1. The first-order valence-corrected chi connectivity index (χ1v) is 10.4. The van der Waals surface area contributed by atoms with Crippen LogP contribution in [-0.4, -0.2) is 39.6 Å². The summed E-state index contributed by atoms with van der Waals surface area (Å²) in [4.78, 5) is 38.2. The maximum atomic E-state index is 12.2. The summed E-state index contributed by atoms with van der Waals surface area (Å²) in [6.45, 7) is 0. The molecule has 3 rings (SSSR count). The Bertz CT molecular complexity index is 1060. The zero-order chi connectivity index (χ0) is 22.9. The summed E-state index contributed by atoms with van der Waals surface area (Å²) in [7, 11) is 0. The number of carbonyl (C=O) groups excluding carboxylic acids is 1. The van der Waals surface area contributed by atoms with Crippen LogP contribution in [0.25, 0.3) is 0 Å². The van der Waals surface area contributed by atoms with E-state index in [1.54, 1.807) is 36.4 Å². The molecule has 32 heavy (non-hydrogen) atoms. The van der Waals surface area contributed by atoms with Crippen molar-refractivity contribution in [1.82, 2.24) is 15.6 Å². The van der Waals surface area contributed by atoms with E-state index in [9.17, 15) is 14.4 Å². The second-order valence-electron chi connectivity index (χ2n) is 6.64. The normalized spacial score (nSPS) is 10.4. The second kappa shape index (κ2) is 10.8. The van der Waals surface area contributed by atoms with Crippen molar-refractivity contribution in [2.75, 3.05) is 10.6 Å². The zero-order valence-electron chi connectivity index (χ0n) is 16.7. The molecule has 0 saturated heterocycles. The van der Waals surface area contributed by atoms with Gasteiger partial charge in [0.1, 0.15) is 0 Å². The second-order valence-corrected chi connectivity index (χ2v) is 7.50. The van der Waals surface area contributed by atoms with Gasteiger partial charge in [-0.2, -0.15) is 0 Å². The molecule has 0 radical (unpaired) electrons. The molecule has 10 nitrogen and oxygen atoms in total. The smallest absolute Gasteiger partial charge is 0.407 e. The number of rotatable bonds is 9. The summed E-state index contributed by atoms with van der Waals surface area (Å²) in [6.07, 6.45) is -2.53. The molecule has 0 fully saturated rings. The molecule has 1 aromatic heterocycles. The molecular formula is C21H21N5O5S. The number of benzene rings is 2.